The highest BCUT2D eigenvalue weighted by molar-refractivity contribution is 5.80. The molecule has 1 aliphatic rings. The normalized spacial score (nSPS) is 14.6. The average Bonchev–Trinajstić information content (AvgIpc) is 2.57. The predicted molar refractivity (Wildman–Crippen MR) is 51.7 cm³/mol. The Morgan fingerprint density at radius 3 is 2.71 bits per heavy atom. The highest BCUT2D eigenvalue weighted by atomic mass is 16.6. The molecule has 0 N–H and O–H groups in total. The van der Waals surface area contributed by atoms with Gasteiger partial charge in [-0.1, -0.05) is 0 Å². The smallest absolute Gasteiger partial charge is 0.163 e. The van der Waals surface area contributed by atoms with Crippen LogP contribution in [0.25, 0.3) is 11.0 Å². The van der Waals surface area contributed by atoms with Crippen LogP contribution in [0.3, 0.4) is 0 Å². The molecule has 0 saturated carbocycles. The van der Waals surface area contributed by atoms with Gasteiger partial charge in [0.15, 0.2) is 11.5 Å². The lowest BCUT2D eigenvalue weighted by Crippen LogP contribution is -2.15. The molecule has 0 fully saturated rings. The topological polar surface area (TPSA) is 36.3 Å². The lowest BCUT2D eigenvalue weighted by atomic mass is 10.2. The third-order valence-corrected chi connectivity index (χ3v) is 2.39. The zero-order valence-electron chi connectivity index (χ0n) is 7.86. The molecule has 2 heterocycles. The fourth-order valence-corrected chi connectivity index (χ4v) is 1.66. The molecule has 0 spiro atoms. The molecule has 0 amide bonds. The van der Waals surface area contributed by atoms with Gasteiger partial charge >= 0.3 is 0 Å². The van der Waals surface area contributed by atoms with Crippen LogP contribution in [0, 0.1) is 0 Å². The Morgan fingerprint density at radius 1 is 1.21 bits per heavy atom. The van der Waals surface area contributed by atoms with E-state index in [0.717, 1.165) is 22.5 Å². The van der Waals surface area contributed by atoms with Crippen molar-refractivity contribution >= 4 is 11.0 Å². The van der Waals surface area contributed by atoms with Crippen LogP contribution >= 0.6 is 0 Å². The van der Waals surface area contributed by atoms with Gasteiger partial charge in [-0.05, 0) is 0 Å². The number of aromatic nitrogens is 2. The number of imidazole rings is 1. The first-order valence-electron chi connectivity index (χ1n) is 4.55. The van der Waals surface area contributed by atoms with Crippen molar-refractivity contribution < 1.29 is 9.47 Å². The maximum atomic E-state index is 5.49. The van der Waals surface area contributed by atoms with E-state index in [0.29, 0.717) is 13.2 Å². The van der Waals surface area contributed by atoms with Crippen molar-refractivity contribution in [1.82, 2.24) is 9.55 Å². The first kappa shape index (κ1) is 7.67. The van der Waals surface area contributed by atoms with Crippen LogP contribution in [-0.4, -0.2) is 22.8 Å². The van der Waals surface area contributed by atoms with Gasteiger partial charge in [0.2, 0.25) is 0 Å². The summed E-state index contributed by atoms with van der Waals surface area (Å²) >= 11 is 0. The summed E-state index contributed by atoms with van der Waals surface area (Å²) in [4.78, 5) is 4.25. The Hall–Kier alpha value is -1.71. The standard InChI is InChI=1S/C10H10N2O2/c1-12-6-11-7-4-9-10(5-8(7)12)14-3-2-13-9/h4-6H,2-3H2,1H3. The molecule has 0 unspecified atom stereocenters. The van der Waals surface area contributed by atoms with Gasteiger partial charge in [-0.25, -0.2) is 4.98 Å². The molecule has 4 nitrogen and oxygen atoms in total. The van der Waals surface area contributed by atoms with Crippen LogP contribution in [0.1, 0.15) is 0 Å². The van der Waals surface area contributed by atoms with E-state index < -0.39 is 0 Å². The van der Waals surface area contributed by atoms with Gasteiger partial charge in [-0.3, -0.25) is 0 Å². The third-order valence-electron chi connectivity index (χ3n) is 2.39. The quantitative estimate of drug-likeness (QED) is 0.629. The van der Waals surface area contributed by atoms with E-state index in [1.54, 1.807) is 6.33 Å². The Labute approximate surface area is 81.1 Å². The summed E-state index contributed by atoms with van der Waals surface area (Å²) in [6, 6.07) is 3.89. The van der Waals surface area contributed by atoms with E-state index in [1.807, 2.05) is 23.7 Å². The Kier molecular flexibility index (Phi) is 1.45. The monoisotopic (exact) mass is 190 g/mol. The van der Waals surface area contributed by atoms with E-state index >= 15 is 0 Å². The van der Waals surface area contributed by atoms with E-state index in [9.17, 15) is 0 Å². The van der Waals surface area contributed by atoms with Gasteiger partial charge in [0.25, 0.3) is 0 Å². The molecule has 72 valence electrons. The third kappa shape index (κ3) is 0.968. The zero-order valence-corrected chi connectivity index (χ0v) is 7.86. The molecule has 0 atom stereocenters. The molecule has 1 aliphatic heterocycles. The number of fused-ring (bicyclic) bond motifs is 2. The van der Waals surface area contributed by atoms with Crippen molar-refractivity contribution in [1.29, 1.82) is 0 Å². The van der Waals surface area contributed by atoms with Crippen molar-refractivity contribution in [3.8, 4) is 11.5 Å². The second-order valence-corrected chi connectivity index (χ2v) is 3.34. The number of rotatable bonds is 0. The van der Waals surface area contributed by atoms with Gasteiger partial charge < -0.3 is 14.0 Å². The van der Waals surface area contributed by atoms with Gasteiger partial charge in [-0.2, -0.15) is 0 Å². The second-order valence-electron chi connectivity index (χ2n) is 3.34. The summed E-state index contributed by atoms with van der Waals surface area (Å²) < 4.78 is 12.9. The van der Waals surface area contributed by atoms with Crippen LogP contribution in [0.15, 0.2) is 18.5 Å². The molecule has 0 bridgehead atoms. The first-order valence-corrected chi connectivity index (χ1v) is 4.55. The van der Waals surface area contributed by atoms with E-state index in [2.05, 4.69) is 4.98 Å². The van der Waals surface area contributed by atoms with E-state index in [4.69, 9.17) is 9.47 Å². The summed E-state index contributed by atoms with van der Waals surface area (Å²) in [6.07, 6.45) is 1.79. The van der Waals surface area contributed by atoms with Gasteiger partial charge in [0, 0.05) is 19.2 Å². The van der Waals surface area contributed by atoms with E-state index in [-0.39, 0.29) is 0 Å². The molecular weight excluding hydrogens is 180 g/mol. The van der Waals surface area contributed by atoms with Gasteiger partial charge in [0.1, 0.15) is 13.2 Å². The summed E-state index contributed by atoms with van der Waals surface area (Å²) in [6.45, 7) is 1.24. The van der Waals surface area contributed by atoms with Crippen molar-refractivity contribution in [3.05, 3.63) is 18.5 Å². The number of ether oxygens (including phenoxy) is 2. The van der Waals surface area contributed by atoms with Crippen molar-refractivity contribution in [2.24, 2.45) is 7.05 Å². The molecular formula is C10H10N2O2. The highest BCUT2D eigenvalue weighted by Crippen LogP contribution is 2.33. The fourth-order valence-electron chi connectivity index (χ4n) is 1.66. The summed E-state index contributed by atoms with van der Waals surface area (Å²) in [5.74, 6) is 1.61. The predicted octanol–water partition coefficient (Wildman–Crippen LogP) is 1.34. The van der Waals surface area contributed by atoms with Crippen molar-refractivity contribution in [3.63, 3.8) is 0 Å². The SMILES string of the molecule is Cn1cnc2cc3c(cc21)OCCO3. The van der Waals surface area contributed by atoms with E-state index in [1.165, 1.54) is 0 Å². The fraction of sp³-hybridized carbons (Fsp3) is 0.300. The van der Waals surface area contributed by atoms with Crippen LogP contribution in [0.5, 0.6) is 11.5 Å². The first-order chi connectivity index (χ1) is 6.84. The molecule has 14 heavy (non-hydrogen) atoms. The molecule has 1 aromatic carbocycles. The Balaban J connectivity index is 2.29. The molecule has 1 aromatic heterocycles. The van der Waals surface area contributed by atoms with Crippen LogP contribution in [-0.2, 0) is 7.05 Å². The summed E-state index contributed by atoms with van der Waals surface area (Å²) in [5, 5.41) is 0. The zero-order chi connectivity index (χ0) is 9.54. The van der Waals surface area contributed by atoms with Crippen LogP contribution < -0.4 is 9.47 Å². The molecule has 0 radical (unpaired) electrons. The number of hydrogen-bond donors (Lipinski definition) is 0. The lowest BCUT2D eigenvalue weighted by molar-refractivity contribution is 0.172. The Bertz CT molecular complexity index is 490. The average molecular weight is 190 g/mol. The molecule has 0 aliphatic carbocycles. The summed E-state index contributed by atoms with van der Waals surface area (Å²) in [7, 11) is 1.96. The molecule has 4 heteroatoms. The molecule has 3 rings (SSSR count). The highest BCUT2D eigenvalue weighted by Gasteiger charge is 2.13. The van der Waals surface area contributed by atoms with Crippen LogP contribution in [0.4, 0.5) is 0 Å². The minimum Gasteiger partial charge on any atom is -0.486 e. The minimum atomic E-state index is 0.616. The Morgan fingerprint density at radius 2 is 1.93 bits per heavy atom. The van der Waals surface area contributed by atoms with Gasteiger partial charge in [-0.15, -0.1) is 0 Å². The maximum Gasteiger partial charge on any atom is 0.163 e. The minimum absolute atomic E-state index is 0.616. The second kappa shape index (κ2) is 2.64. The maximum absolute atomic E-state index is 5.49. The van der Waals surface area contributed by atoms with Crippen molar-refractivity contribution in [2.75, 3.05) is 13.2 Å². The number of nitrogens with zero attached hydrogens (tertiary/aromatic N) is 2. The largest absolute Gasteiger partial charge is 0.486 e. The molecule has 0 saturated heterocycles. The number of benzene rings is 1. The van der Waals surface area contributed by atoms with Gasteiger partial charge in [0.05, 0.1) is 17.4 Å². The van der Waals surface area contributed by atoms with Crippen molar-refractivity contribution in [2.45, 2.75) is 0 Å². The molecule has 2 aromatic rings. The summed E-state index contributed by atoms with van der Waals surface area (Å²) in [5.41, 5.74) is 2.01. The van der Waals surface area contributed by atoms with Crippen LogP contribution in [0.2, 0.25) is 0 Å². The number of hydrogen-bond acceptors (Lipinski definition) is 3. The number of aryl methyl sites for hydroxylation is 1. The lowest BCUT2D eigenvalue weighted by Gasteiger charge is -2.17.